The molecule has 0 radical (unpaired) electrons. The van der Waals surface area contributed by atoms with Crippen LogP contribution in [0.15, 0.2) is 16.9 Å². The lowest BCUT2D eigenvalue weighted by Gasteiger charge is -2.08. The first kappa shape index (κ1) is 10.5. The normalized spacial score (nSPS) is 10.1. The Balaban J connectivity index is 2.87. The van der Waals surface area contributed by atoms with Gasteiger partial charge >= 0.3 is 0 Å². The van der Waals surface area contributed by atoms with E-state index in [0.717, 1.165) is 28.6 Å². The van der Waals surface area contributed by atoms with Gasteiger partial charge in [-0.3, -0.25) is 4.98 Å². The Morgan fingerprint density at radius 1 is 1.54 bits per heavy atom. The van der Waals surface area contributed by atoms with E-state index in [0.29, 0.717) is 6.54 Å². The van der Waals surface area contributed by atoms with E-state index in [9.17, 15) is 0 Å². The number of aromatic nitrogens is 1. The average Bonchev–Trinajstić information content (AvgIpc) is 2.15. The second-order valence-electron chi connectivity index (χ2n) is 2.69. The highest BCUT2D eigenvalue weighted by Gasteiger charge is 2.06. The van der Waals surface area contributed by atoms with Gasteiger partial charge in [0.2, 0.25) is 0 Å². The van der Waals surface area contributed by atoms with Crippen molar-refractivity contribution in [3.8, 4) is 5.75 Å². The molecular weight excluding hydrogens is 232 g/mol. The minimum Gasteiger partial charge on any atom is -0.495 e. The molecule has 0 aliphatic rings. The Kier molecular flexibility index (Phi) is 4.18. The second kappa shape index (κ2) is 5.19. The lowest BCUT2D eigenvalue weighted by molar-refractivity contribution is 0.406. The average molecular weight is 245 g/mol. The van der Waals surface area contributed by atoms with Crippen LogP contribution in [0.4, 0.5) is 0 Å². The number of nitrogens with two attached hydrogens (primary N) is 1. The fourth-order valence-electron chi connectivity index (χ4n) is 1.14. The third kappa shape index (κ3) is 2.67. The molecule has 0 atom stereocenters. The van der Waals surface area contributed by atoms with Crippen molar-refractivity contribution in [2.45, 2.75) is 12.8 Å². The molecule has 4 heteroatoms. The zero-order valence-corrected chi connectivity index (χ0v) is 9.17. The molecule has 0 bridgehead atoms. The van der Waals surface area contributed by atoms with Crippen LogP contribution in [-0.4, -0.2) is 18.6 Å². The molecule has 72 valence electrons. The van der Waals surface area contributed by atoms with E-state index in [1.165, 1.54) is 0 Å². The zero-order valence-electron chi connectivity index (χ0n) is 7.59. The smallest absolute Gasteiger partial charge is 0.141 e. The second-order valence-corrected chi connectivity index (χ2v) is 3.55. The Labute approximate surface area is 86.4 Å². The van der Waals surface area contributed by atoms with Crippen molar-refractivity contribution < 1.29 is 4.74 Å². The van der Waals surface area contributed by atoms with E-state index in [-0.39, 0.29) is 0 Å². The highest BCUT2D eigenvalue weighted by molar-refractivity contribution is 9.10. The van der Waals surface area contributed by atoms with Gasteiger partial charge in [-0.2, -0.15) is 0 Å². The van der Waals surface area contributed by atoms with Gasteiger partial charge in [-0.05, 0) is 35.3 Å². The lowest BCUT2D eigenvalue weighted by Crippen LogP contribution is -2.02. The number of methoxy groups -OCH3 is 1. The fraction of sp³-hybridized carbons (Fsp3) is 0.444. The topological polar surface area (TPSA) is 48.1 Å². The molecule has 1 heterocycles. The van der Waals surface area contributed by atoms with Crippen molar-refractivity contribution in [1.82, 2.24) is 4.98 Å². The predicted molar refractivity (Wildman–Crippen MR) is 55.9 cm³/mol. The Morgan fingerprint density at radius 2 is 2.31 bits per heavy atom. The number of hydrogen-bond donors (Lipinski definition) is 1. The first-order chi connectivity index (χ1) is 6.29. The molecule has 0 amide bonds. The van der Waals surface area contributed by atoms with Gasteiger partial charge in [0.05, 0.1) is 13.3 Å². The third-order valence-corrected chi connectivity index (χ3v) is 2.50. The summed E-state index contributed by atoms with van der Waals surface area (Å²) in [6.45, 7) is 0.692. The third-order valence-electron chi connectivity index (χ3n) is 1.82. The summed E-state index contributed by atoms with van der Waals surface area (Å²) in [5, 5.41) is 0. The summed E-state index contributed by atoms with van der Waals surface area (Å²) in [6, 6.07) is 0. The van der Waals surface area contributed by atoms with Crippen LogP contribution in [0.5, 0.6) is 5.75 Å². The molecule has 0 aromatic carbocycles. The van der Waals surface area contributed by atoms with Crippen LogP contribution in [0.3, 0.4) is 0 Å². The zero-order chi connectivity index (χ0) is 9.68. The fourth-order valence-corrected chi connectivity index (χ4v) is 1.65. The van der Waals surface area contributed by atoms with E-state index >= 15 is 0 Å². The van der Waals surface area contributed by atoms with E-state index in [1.807, 2.05) is 0 Å². The molecule has 3 nitrogen and oxygen atoms in total. The maximum absolute atomic E-state index is 5.45. The molecule has 0 saturated heterocycles. The molecule has 0 fully saturated rings. The van der Waals surface area contributed by atoms with Crippen LogP contribution < -0.4 is 10.5 Å². The first-order valence-electron chi connectivity index (χ1n) is 4.16. The van der Waals surface area contributed by atoms with E-state index in [2.05, 4.69) is 20.9 Å². The van der Waals surface area contributed by atoms with Crippen LogP contribution >= 0.6 is 15.9 Å². The van der Waals surface area contributed by atoms with Gasteiger partial charge in [0, 0.05) is 16.2 Å². The molecule has 0 aliphatic carbocycles. The molecular formula is C9H13BrN2O. The number of halogens is 1. The summed E-state index contributed by atoms with van der Waals surface area (Å²) >= 11 is 3.43. The highest BCUT2D eigenvalue weighted by Crippen LogP contribution is 2.26. The predicted octanol–water partition coefficient (Wildman–Crippen LogP) is 1.74. The molecule has 1 aromatic heterocycles. The van der Waals surface area contributed by atoms with Crippen LogP contribution in [0, 0.1) is 0 Å². The highest BCUT2D eigenvalue weighted by atomic mass is 79.9. The summed E-state index contributed by atoms with van der Waals surface area (Å²) in [5.41, 5.74) is 6.59. The van der Waals surface area contributed by atoms with E-state index in [1.54, 1.807) is 19.5 Å². The minimum absolute atomic E-state index is 0.692. The number of ether oxygens (including phenoxy) is 1. The van der Waals surface area contributed by atoms with Gasteiger partial charge in [-0.15, -0.1) is 0 Å². The summed E-state index contributed by atoms with van der Waals surface area (Å²) in [5.74, 6) is 0.822. The standard InChI is InChI=1S/C9H13BrN2O/c1-13-9-6-12-5-8(10)7(9)3-2-4-11/h5-6H,2-4,11H2,1H3. The molecule has 0 saturated carbocycles. The number of hydrogen-bond acceptors (Lipinski definition) is 3. The maximum Gasteiger partial charge on any atom is 0.141 e. The molecule has 0 spiro atoms. The first-order valence-corrected chi connectivity index (χ1v) is 4.95. The largest absolute Gasteiger partial charge is 0.495 e. The molecule has 0 aliphatic heterocycles. The van der Waals surface area contributed by atoms with Crippen LogP contribution in [0.2, 0.25) is 0 Å². The van der Waals surface area contributed by atoms with Crippen molar-refractivity contribution in [2.75, 3.05) is 13.7 Å². The summed E-state index contributed by atoms with van der Waals surface area (Å²) in [4.78, 5) is 4.02. The molecule has 2 N–H and O–H groups in total. The molecule has 13 heavy (non-hydrogen) atoms. The summed E-state index contributed by atoms with van der Waals surface area (Å²) in [6.07, 6.45) is 5.37. The van der Waals surface area contributed by atoms with Crippen LogP contribution in [0.1, 0.15) is 12.0 Å². The van der Waals surface area contributed by atoms with Gasteiger partial charge in [-0.1, -0.05) is 0 Å². The van der Waals surface area contributed by atoms with Crippen molar-refractivity contribution in [3.05, 3.63) is 22.4 Å². The van der Waals surface area contributed by atoms with Gasteiger partial charge < -0.3 is 10.5 Å². The van der Waals surface area contributed by atoms with E-state index in [4.69, 9.17) is 10.5 Å². The molecule has 0 unspecified atom stereocenters. The van der Waals surface area contributed by atoms with Gasteiger partial charge in [-0.25, -0.2) is 0 Å². The summed E-state index contributed by atoms with van der Waals surface area (Å²) < 4.78 is 6.18. The van der Waals surface area contributed by atoms with Crippen LogP contribution in [-0.2, 0) is 6.42 Å². The minimum atomic E-state index is 0.692. The summed E-state index contributed by atoms with van der Waals surface area (Å²) in [7, 11) is 1.65. The van der Waals surface area contributed by atoms with E-state index < -0.39 is 0 Å². The van der Waals surface area contributed by atoms with Crippen molar-refractivity contribution in [1.29, 1.82) is 0 Å². The van der Waals surface area contributed by atoms with Gasteiger partial charge in [0.1, 0.15) is 5.75 Å². The van der Waals surface area contributed by atoms with Gasteiger partial charge in [0.25, 0.3) is 0 Å². The Bertz CT molecular complexity index is 278. The SMILES string of the molecule is COc1cncc(Br)c1CCCN. The number of nitrogens with zero attached hydrogens (tertiary/aromatic N) is 1. The van der Waals surface area contributed by atoms with Gasteiger partial charge in [0.15, 0.2) is 0 Å². The number of pyridine rings is 1. The molecule has 1 rings (SSSR count). The van der Waals surface area contributed by atoms with Crippen LogP contribution in [0.25, 0.3) is 0 Å². The molecule has 1 aromatic rings. The Hall–Kier alpha value is -0.610. The monoisotopic (exact) mass is 244 g/mol. The Morgan fingerprint density at radius 3 is 2.92 bits per heavy atom. The van der Waals surface area contributed by atoms with Crippen molar-refractivity contribution in [2.24, 2.45) is 5.73 Å². The lowest BCUT2D eigenvalue weighted by atomic mass is 10.1. The number of rotatable bonds is 4. The van der Waals surface area contributed by atoms with Crippen molar-refractivity contribution in [3.63, 3.8) is 0 Å². The van der Waals surface area contributed by atoms with Crippen molar-refractivity contribution >= 4 is 15.9 Å². The maximum atomic E-state index is 5.45. The quantitative estimate of drug-likeness (QED) is 0.878.